The zero-order valence-electron chi connectivity index (χ0n) is 25.1. The number of benzene rings is 2. The molecule has 0 aliphatic rings. The maximum Gasteiger partial charge on any atom is 0.310 e. The fraction of sp³-hybridized carbons (Fsp3) is 0.394. The van der Waals surface area contributed by atoms with Crippen molar-refractivity contribution in [3.05, 3.63) is 83.1 Å². The summed E-state index contributed by atoms with van der Waals surface area (Å²) in [5, 5.41) is 0.839. The number of esters is 1. The van der Waals surface area contributed by atoms with E-state index < -0.39 is 21.9 Å². The van der Waals surface area contributed by atoms with E-state index >= 15 is 4.39 Å². The number of fused-ring (bicyclic) bond motifs is 1. The fourth-order valence-electron chi connectivity index (χ4n) is 4.54. The van der Waals surface area contributed by atoms with E-state index in [1.807, 2.05) is 63.2 Å². The molecule has 0 saturated carbocycles. The molecule has 0 unspecified atom stereocenters. The Labute approximate surface area is 250 Å². The molecule has 224 valence electrons. The van der Waals surface area contributed by atoms with Crippen molar-refractivity contribution in [3.63, 3.8) is 0 Å². The Hall–Kier alpha value is -3.40. The van der Waals surface area contributed by atoms with Gasteiger partial charge < -0.3 is 18.4 Å². The van der Waals surface area contributed by atoms with Crippen molar-refractivity contribution in [2.24, 2.45) is 5.92 Å². The lowest BCUT2D eigenvalue weighted by Crippen LogP contribution is -2.39. The third-order valence-electron chi connectivity index (χ3n) is 6.52. The molecule has 4 rings (SSSR count). The van der Waals surface area contributed by atoms with Crippen molar-refractivity contribution in [2.45, 2.75) is 72.3 Å². The Bertz CT molecular complexity index is 1530. The van der Waals surface area contributed by atoms with E-state index in [4.69, 9.17) is 13.9 Å². The molecule has 0 spiro atoms. The number of carbonyl (C=O) groups excluding carboxylic acids is 1. The van der Waals surface area contributed by atoms with Gasteiger partial charge in [0.1, 0.15) is 28.4 Å². The van der Waals surface area contributed by atoms with E-state index in [9.17, 15) is 9.35 Å². The summed E-state index contributed by atoms with van der Waals surface area (Å²) in [6.45, 7) is 12.1. The van der Waals surface area contributed by atoms with Crippen molar-refractivity contribution in [2.75, 3.05) is 6.61 Å². The van der Waals surface area contributed by atoms with Gasteiger partial charge in [-0.05, 0) is 69.5 Å². The number of hydrogen-bond acceptors (Lipinski definition) is 7. The standard InChI is InChI=1S/C33H39FN2O5S/c1-7-39-30(37)18-23-10-8-9-11-29(23)40-20-22-15-24-17-25(14-21(2)3)41-32(24)27(16-22)26-12-13-35-28(31(26)34)19-36-42(38)33(4,5)6/h8-13,15-17,21,36H,7,14,18-20H2,1-6H3/t42-/m1/s1. The number of carbonyl (C=O) groups is 1. The van der Waals surface area contributed by atoms with Crippen LogP contribution in [-0.2, 0) is 46.9 Å². The summed E-state index contributed by atoms with van der Waals surface area (Å²) >= 11 is -1.37. The minimum Gasteiger partial charge on any atom is -0.598 e. The number of hydrogen-bond donors (Lipinski definition) is 1. The van der Waals surface area contributed by atoms with Crippen LogP contribution in [0.5, 0.6) is 5.75 Å². The Balaban J connectivity index is 1.69. The average molecular weight is 595 g/mol. The van der Waals surface area contributed by atoms with Crippen molar-refractivity contribution in [1.29, 1.82) is 0 Å². The summed E-state index contributed by atoms with van der Waals surface area (Å²) in [4.78, 5) is 16.3. The van der Waals surface area contributed by atoms with Crippen LogP contribution >= 0.6 is 0 Å². The van der Waals surface area contributed by atoms with Gasteiger partial charge in [0.05, 0.1) is 25.3 Å². The first-order valence-electron chi connectivity index (χ1n) is 14.2. The summed E-state index contributed by atoms with van der Waals surface area (Å²) in [6.07, 6.45) is 2.40. The lowest BCUT2D eigenvalue weighted by Gasteiger charge is -2.23. The van der Waals surface area contributed by atoms with Crippen LogP contribution in [0.15, 0.2) is 59.1 Å². The molecule has 0 aliphatic carbocycles. The molecule has 2 aromatic heterocycles. The molecule has 0 aliphatic heterocycles. The third-order valence-corrected chi connectivity index (χ3v) is 8.04. The monoisotopic (exact) mass is 594 g/mol. The summed E-state index contributed by atoms with van der Waals surface area (Å²) in [7, 11) is 0. The van der Waals surface area contributed by atoms with Crippen LogP contribution in [0.2, 0.25) is 0 Å². The largest absolute Gasteiger partial charge is 0.598 e. The number of pyridine rings is 1. The number of ether oxygens (including phenoxy) is 2. The molecule has 0 saturated heterocycles. The van der Waals surface area contributed by atoms with E-state index in [0.29, 0.717) is 35.0 Å². The maximum atomic E-state index is 16.0. The van der Waals surface area contributed by atoms with Crippen LogP contribution < -0.4 is 9.46 Å². The highest BCUT2D eigenvalue weighted by atomic mass is 32.2. The number of nitrogens with zero attached hydrogens (tertiary/aromatic N) is 1. The molecule has 42 heavy (non-hydrogen) atoms. The number of nitrogens with one attached hydrogen (secondary N) is 1. The Kier molecular flexibility index (Phi) is 10.3. The molecule has 1 atom stereocenters. The molecule has 0 radical (unpaired) electrons. The number of furan rings is 1. The zero-order chi connectivity index (χ0) is 30.4. The smallest absolute Gasteiger partial charge is 0.310 e. The van der Waals surface area contributed by atoms with Crippen molar-refractivity contribution >= 4 is 28.3 Å². The van der Waals surface area contributed by atoms with Crippen LogP contribution in [0.4, 0.5) is 4.39 Å². The van der Waals surface area contributed by atoms with Crippen LogP contribution in [0.1, 0.15) is 64.1 Å². The third kappa shape index (κ3) is 7.91. The van der Waals surface area contributed by atoms with Gasteiger partial charge in [0.15, 0.2) is 5.82 Å². The van der Waals surface area contributed by atoms with E-state index in [-0.39, 0.29) is 31.2 Å². The lowest BCUT2D eigenvalue weighted by atomic mass is 10.00. The molecule has 1 N–H and O–H groups in total. The Morgan fingerprint density at radius 3 is 2.62 bits per heavy atom. The first kappa shape index (κ1) is 31.5. The lowest BCUT2D eigenvalue weighted by molar-refractivity contribution is -0.142. The molecule has 2 aromatic carbocycles. The molecule has 9 heteroatoms. The average Bonchev–Trinajstić information content (AvgIpc) is 3.32. The second kappa shape index (κ2) is 13.7. The second-order valence-electron chi connectivity index (χ2n) is 11.6. The summed E-state index contributed by atoms with van der Waals surface area (Å²) < 4.78 is 48.4. The van der Waals surface area contributed by atoms with Gasteiger partial charge in [-0.25, -0.2) is 4.39 Å². The Morgan fingerprint density at radius 2 is 1.90 bits per heavy atom. The predicted octanol–water partition coefficient (Wildman–Crippen LogP) is 7.07. The molecular formula is C33H39FN2O5S. The van der Waals surface area contributed by atoms with Crippen molar-refractivity contribution in [1.82, 2.24) is 9.71 Å². The van der Waals surface area contributed by atoms with Gasteiger partial charge in [-0.15, -0.1) is 4.72 Å². The molecule has 2 heterocycles. The van der Waals surface area contributed by atoms with Crippen LogP contribution in [0.3, 0.4) is 0 Å². The van der Waals surface area contributed by atoms with E-state index in [0.717, 1.165) is 28.7 Å². The molecule has 7 nitrogen and oxygen atoms in total. The second-order valence-corrected chi connectivity index (χ2v) is 13.6. The van der Waals surface area contributed by atoms with E-state index in [1.165, 1.54) is 0 Å². The summed E-state index contributed by atoms with van der Waals surface area (Å²) in [6, 6.07) is 14.8. The molecule has 4 aromatic rings. The highest BCUT2D eigenvalue weighted by Gasteiger charge is 2.27. The molecule has 0 bridgehead atoms. The highest BCUT2D eigenvalue weighted by molar-refractivity contribution is 7.90. The number of para-hydroxylation sites is 1. The van der Waals surface area contributed by atoms with E-state index in [1.54, 1.807) is 19.2 Å². The first-order chi connectivity index (χ1) is 20.0. The van der Waals surface area contributed by atoms with Crippen LogP contribution in [0.25, 0.3) is 22.1 Å². The van der Waals surface area contributed by atoms with Crippen molar-refractivity contribution in [3.8, 4) is 16.9 Å². The van der Waals surface area contributed by atoms with Gasteiger partial charge in [0.25, 0.3) is 0 Å². The zero-order valence-corrected chi connectivity index (χ0v) is 25.9. The number of rotatable bonds is 12. The molecule has 0 amide bonds. The minimum atomic E-state index is -1.37. The van der Waals surface area contributed by atoms with Gasteiger partial charge in [-0.3, -0.25) is 9.78 Å². The Morgan fingerprint density at radius 1 is 1.14 bits per heavy atom. The van der Waals surface area contributed by atoms with Crippen LogP contribution in [0, 0.1) is 11.7 Å². The maximum absolute atomic E-state index is 16.0. The fourth-order valence-corrected chi connectivity index (χ4v) is 5.24. The molecular weight excluding hydrogens is 555 g/mol. The quantitative estimate of drug-likeness (QED) is 0.138. The highest BCUT2D eigenvalue weighted by Crippen LogP contribution is 2.35. The number of halogens is 1. The van der Waals surface area contributed by atoms with Gasteiger partial charge in [-0.1, -0.05) is 32.0 Å². The normalized spacial score (nSPS) is 12.6. The van der Waals surface area contributed by atoms with Gasteiger partial charge in [0, 0.05) is 46.1 Å². The van der Waals surface area contributed by atoms with Gasteiger partial charge in [0.2, 0.25) is 0 Å². The summed E-state index contributed by atoms with van der Waals surface area (Å²) in [5.74, 6) is 0.952. The van der Waals surface area contributed by atoms with Gasteiger partial charge >= 0.3 is 5.97 Å². The topological polar surface area (TPSA) is 96.7 Å². The van der Waals surface area contributed by atoms with Crippen molar-refractivity contribution < 1.29 is 27.6 Å². The predicted molar refractivity (Wildman–Crippen MR) is 164 cm³/mol. The first-order valence-corrected chi connectivity index (χ1v) is 15.3. The van der Waals surface area contributed by atoms with Crippen LogP contribution in [-0.4, -0.2) is 26.9 Å². The SMILES string of the molecule is CCOC(=O)Cc1ccccc1OCc1cc(-c2ccnc(CN[S@+]([O-])C(C)(C)C)c2F)c2oc(CC(C)C)cc2c1. The number of aromatic nitrogens is 1. The molecule has 0 fully saturated rings. The van der Waals surface area contributed by atoms with E-state index in [2.05, 4.69) is 23.6 Å². The minimum absolute atomic E-state index is 0.0174. The van der Waals surface area contributed by atoms with Gasteiger partial charge in [-0.2, -0.15) is 0 Å². The summed E-state index contributed by atoms with van der Waals surface area (Å²) in [5.41, 5.74) is 3.21.